The van der Waals surface area contributed by atoms with Crippen LogP contribution in [0.25, 0.3) is 16.6 Å². The van der Waals surface area contributed by atoms with E-state index in [1.54, 1.807) is 35.8 Å². The molecular formula is C46H49FN8O6. The van der Waals surface area contributed by atoms with Crippen molar-refractivity contribution in [2.45, 2.75) is 77.4 Å². The molecule has 14 nitrogen and oxygen atoms in total. The molecule has 6 aromatic rings. The Kier molecular flexibility index (Phi) is 9.34. The summed E-state index contributed by atoms with van der Waals surface area (Å²) in [6.07, 6.45) is 2.65. The van der Waals surface area contributed by atoms with Gasteiger partial charge >= 0.3 is 11.8 Å². The van der Waals surface area contributed by atoms with Gasteiger partial charge in [0.25, 0.3) is 11.5 Å². The van der Waals surface area contributed by atoms with Gasteiger partial charge in [0.15, 0.2) is 5.82 Å². The van der Waals surface area contributed by atoms with Crippen molar-refractivity contribution in [2.24, 2.45) is 5.92 Å². The number of nitrogens with one attached hydrogen (secondary N) is 1. The molecule has 0 bridgehead atoms. The third-order valence-corrected chi connectivity index (χ3v) is 13.4. The Morgan fingerprint density at radius 2 is 1.70 bits per heavy atom. The zero-order valence-electron chi connectivity index (χ0n) is 34.6. The van der Waals surface area contributed by atoms with E-state index < -0.39 is 17.3 Å². The average molecular weight is 829 g/mol. The minimum absolute atomic E-state index is 0. The number of carbonyl (C=O) groups is 2. The summed E-state index contributed by atoms with van der Waals surface area (Å²) < 4.78 is 29.1. The first-order chi connectivity index (χ1) is 29.4. The summed E-state index contributed by atoms with van der Waals surface area (Å²) in [5.74, 6) is -0.476. The Labute approximate surface area is 352 Å². The number of aromatic amines is 1. The number of rotatable bonds is 8. The van der Waals surface area contributed by atoms with Gasteiger partial charge in [0.2, 0.25) is 5.95 Å². The highest BCUT2D eigenvalue weighted by Crippen LogP contribution is 2.56. The third kappa shape index (κ3) is 6.31. The molecule has 0 spiro atoms. The Bertz CT molecular complexity index is 2840. The van der Waals surface area contributed by atoms with E-state index in [0.29, 0.717) is 78.2 Å². The highest BCUT2D eigenvalue weighted by Gasteiger charge is 2.59. The number of H-pyrrole nitrogens is 1. The van der Waals surface area contributed by atoms with E-state index in [2.05, 4.69) is 35.3 Å². The maximum absolute atomic E-state index is 15.3. The van der Waals surface area contributed by atoms with Gasteiger partial charge in [0.1, 0.15) is 17.1 Å². The average Bonchev–Trinajstić information content (AvgIpc) is 3.56. The molecule has 0 radical (unpaired) electrons. The Morgan fingerprint density at radius 1 is 0.967 bits per heavy atom. The minimum Gasteiger partial charge on any atom is -0.381 e. The minimum atomic E-state index is -0.831. The largest absolute Gasteiger partial charge is 0.438 e. The van der Waals surface area contributed by atoms with E-state index in [-0.39, 0.29) is 56.1 Å². The fourth-order valence-corrected chi connectivity index (χ4v) is 10.0. The van der Waals surface area contributed by atoms with Crippen molar-refractivity contribution >= 4 is 28.8 Å². The molecule has 6 heterocycles. The predicted molar refractivity (Wildman–Crippen MR) is 227 cm³/mol. The molecule has 3 aromatic carbocycles. The number of ether oxygens (including phenoxy) is 1. The summed E-state index contributed by atoms with van der Waals surface area (Å²) in [7, 11) is 0. The van der Waals surface area contributed by atoms with Crippen LogP contribution in [0.3, 0.4) is 0 Å². The predicted octanol–water partition coefficient (Wildman–Crippen LogP) is 6.74. The van der Waals surface area contributed by atoms with E-state index in [4.69, 9.17) is 14.2 Å². The quantitative estimate of drug-likeness (QED) is 0.177. The second-order valence-corrected chi connectivity index (χ2v) is 17.1. The van der Waals surface area contributed by atoms with Crippen LogP contribution < -0.4 is 16.2 Å². The number of aromatic nitrogens is 5. The highest BCUT2D eigenvalue weighted by atomic mass is 19.1. The molecule has 4 aliphatic rings. The Morgan fingerprint density at radius 3 is 2.39 bits per heavy atom. The van der Waals surface area contributed by atoms with Gasteiger partial charge in [-0.2, -0.15) is 0 Å². The Balaban J connectivity index is 0.00000490. The van der Waals surface area contributed by atoms with Crippen molar-refractivity contribution < 1.29 is 24.7 Å². The number of nitrogens with zero attached hydrogens (tertiary/aromatic N) is 7. The van der Waals surface area contributed by atoms with Crippen molar-refractivity contribution in [1.82, 2.24) is 34.1 Å². The van der Waals surface area contributed by atoms with Crippen LogP contribution in [0.2, 0.25) is 0 Å². The monoisotopic (exact) mass is 828 g/mol. The fraction of sp³-hybridized carbons (Fsp3) is 0.391. The summed E-state index contributed by atoms with van der Waals surface area (Å²) >= 11 is 0. The van der Waals surface area contributed by atoms with Gasteiger partial charge in [-0.3, -0.25) is 24.0 Å². The number of amides is 3. The molecule has 1 saturated carbocycles. The van der Waals surface area contributed by atoms with Crippen LogP contribution in [0.5, 0.6) is 0 Å². The third-order valence-electron chi connectivity index (χ3n) is 13.4. The van der Waals surface area contributed by atoms with E-state index in [0.717, 1.165) is 29.3 Å². The van der Waals surface area contributed by atoms with Crippen molar-refractivity contribution in [3.05, 3.63) is 138 Å². The van der Waals surface area contributed by atoms with Gasteiger partial charge < -0.3 is 19.1 Å². The summed E-state index contributed by atoms with van der Waals surface area (Å²) in [5, 5.41) is 5.04. The first-order valence-corrected chi connectivity index (χ1v) is 21.1. The fourth-order valence-electron chi connectivity index (χ4n) is 10.0. The van der Waals surface area contributed by atoms with E-state index in [9.17, 15) is 18.8 Å². The number of urea groups is 1. The molecule has 0 unspecified atom stereocenters. The van der Waals surface area contributed by atoms with Crippen LogP contribution in [0.4, 0.5) is 15.1 Å². The summed E-state index contributed by atoms with van der Waals surface area (Å²) in [6, 6.07) is 20.2. The lowest BCUT2D eigenvalue weighted by atomic mass is 9.91. The Hall–Kier alpha value is -6.35. The topological polar surface area (TPSA) is 152 Å². The standard InChI is InChI=1S/C46H47FN8O6.H2/c1-26-20-34(21-27(2)38(26)47)54-40(56)35-12-15-52(29(4)39(35)48-43(54)53-17-16-51(45(53)59)25-30-8-6-5-7-9-30)41(57)37-23-33-22-32(31-13-18-60-19-14-31)10-11-36(33)55(37)46(24-28(46)3)42-49-44(58)61-50-42;/h5-11,20-23,28-29,31H,12-19,24-25H2,1-4H3,(H,49,50,58);1H/t28-,29+,46+;/m1./s1. The smallest absolute Gasteiger partial charge is 0.381 e. The van der Waals surface area contributed by atoms with E-state index >= 15 is 4.79 Å². The van der Waals surface area contributed by atoms with Crippen molar-refractivity contribution in [3.8, 4) is 5.69 Å². The lowest BCUT2D eigenvalue weighted by molar-refractivity contribution is 0.0658. The first-order valence-electron chi connectivity index (χ1n) is 21.1. The van der Waals surface area contributed by atoms with Gasteiger partial charge in [-0.05, 0) is 111 Å². The van der Waals surface area contributed by atoms with Crippen LogP contribution in [0.1, 0.15) is 96.3 Å². The van der Waals surface area contributed by atoms with Crippen LogP contribution in [0.15, 0.2) is 80.8 Å². The van der Waals surface area contributed by atoms with Gasteiger partial charge in [0.05, 0.1) is 17.4 Å². The highest BCUT2D eigenvalue weighted by molar-refractivity contribution is 6.00. The number of carbonyl (C=O) groups excluding carboxylic acids is 2. The number of benzene rings is 3. The van der Waals surface area contributed by atoms with Gasteiger partial charge in [-0.15, -0.1) is 0 Å². The molecule has 2 saturated heterocycles. The van der Waals surface area contributed by atoms with Crippen LogP contribution in [-0.4, -0.2) is 78.8 Å². The van der Waals surface area contributed by atoms with Crippen LogP contribution >= 0.6 is 0 Å². The molecule has 3 aliphatic heterocycles. The van der Waals surface area contributed by atoms with Gasteiger partial charge in [-0.25, -0.2) is 23.5 Å². The van der Waals surface area contributed by atoms with Crippen molar-refractivity contribution in [3.63, 3.8) is 0 Å². The first kappa shape index (κ1) is 38.8. The summed E-state index contributed by atoms with van der Waals surface area (Å²) in [6.45, 7) is 9.88. The maximum atomic E-state index is 15.3. The molecule has 316 valence electrons. The number of hydrogen-bond donors (Lipinski definition) is 1. The van der Waals surface area contributed by atoms with Crippen LogP contribution in [0, 0.1) is 25.6 Å². The number of fused-ring (bicyclic) bond motifs is 2. The molecule has 10 rings (SSSR count). The van der Waals surface area contributed by atoms with Crippen molar-refractivity contribution in [2.75, 3.05) is 37.7 Å². The molecule has 3 fully saturated rings. The lowest BCUT2D eigenvalue weighted by Crippen LogP contribution is -2.45. The second kappa shape index (κ2) is 14.7. The number of halogens is 1. The molecular weight excluding hydrogens is 780 g/mol. The molecule has 3 amide bonds. The van der Waals surface area contributed by atoms with Gasteiger partial charge in [0, 0.05) is 57.3 Å². The zero-order valence-corrected chi connectivity index (χ0v) is 34.6. The second-order valence-electron chi connectivity index (χ2n) is 17.1. The van der Waals surface area contributed by atoms with E-state index in [1.807, 2.05) is 47.9 Å². The number of aryl methyl sites for hydroxylation is 2. The molecule has 3 atom stereocenters. The lowest BCUT2D eigenvalue weighted by Gasteiger charge is -2.36. The summed E-state index contributed by atoms with van der Waals surface area (Å²) in [4.78, 5) is 69.6. The summed E-state index contributed by atoms with van der Waals surface area (Å²) in [5.41, 5.74) is 4.17. The van der Waals surface area contributed by atoms with E-state index in [1.165, 1.54) is 15.0 Å². The molecule has 1 aliphatic carbocycles. The van der Waals surface area contributed by atoms with Gasteiger partial charge in [-0.1, -0.05) is 48.5 Å². The number of anilines is 1. The number of hydrogen-bond acceptors (Lipinski definition) is 8. The maximum Gasteiger partial charge on any atom is 0.438 e. The molecule has 3 aromatic heterocycles. The molecule has 1 N–H and O–H groups in total. The molecule has 61 heavy (non-hydrogen) atoms. The SMILES string of the molecule is Cc1cc(-n2c(N3CCN(Cc4ccccc4)C3=O)nc3c(c2=O)CCN(C(=O)c2cc4cc(C5CCOCC5)ccc4n2[C@@]2(c4noc(=O)[nH]4)C[C@H]2C)[C@H]3C)cc(C)c1F.[HH]. The van der Waals surface area contributed by atoms with Crippen molar-refractivity contribution in [1.29, 1.82) is 0 Å². The van der Waals surface area contributed by atoms with Crippen LogP contribution in [-0.2, 0) is 23.2 Å². The molecule has 15 heteroatoms. The zero-order chi connectivity index (χ0) is 42.3. The normalized spacial score (nSPS) is 21.7.